The fourth-order valence-electron chi connectivity index (χ4n) is 1.54. The van der Waals surface area contributed by atoms with E-state index in [0.29, 0.717) is 11.6 Å². The molecule has 1 aliphatic heterocycles. The number of thioether (sulfide) groups is 2. The van der Waals surface area contributed by atoms with Crippen molar-refractivity contribution in [3.05, 3.63) is 39.5 Å². The average molecular weight is 320 g/mol. The first-order valence-electron chi connectivity index (χ1n) is 5.47. The predicted octanol–water partition coefficient (Wildman–Crippen LogP) is 3.97. The molecule has 0 unspecified atom stereocenters. The van der Waals surface area contributed by atoms with E-state index in [-0.39, 0.29) is 9.80 Å². The van der Waals surface area contributed by atoms with E-state index in [0.717, 1.165) is 29.6 Å². The second-order valence-corrected chi connectivity index (χ2v) is 5.98. The molecule has 8 heteroatoms. The molecule has 0 amide bonds. The summed E-state index contributed by atoms with van der Waals surface area (Å²) in [5, 5.41) is 12.7. The number of nitrogens with one attached hydrogen (secondary N) is 1. The Morgan fingerprint density at radius 1 is 1.40 bits per heavy atom. The Morgan fingerprint density at radius 3 is 2.70 bits per heavy atom. The third kappa shape index (κ3) is 3.41. The Hall–Kier alpha value is -1.33. The number of halogens is 4. The van der Waals surface area contributed by atoms with Gasteiger partial charge in [0, 0.05) is 17.2 Å². The fourth-order valence-corrected chi connectivity index (χ4v) is 3.39. The van der Waals surface area contributed by atoms with Crippen molar-refractivity contribution in [1.29, 1.82) is 5.26 Å². The minimum atomic E-state index is -4.75. The highest BCUT2D eigenvalue weighted by Crippen LogP contribution is 2.37. The van der Waals surface area contributed by atoms with Crippen molar-refractivity contribution in [1.82, 2.24) is 5.32 Å². The highest BCUT2D eigenvalue weighted by Gasteiger charge is 2.34. The summed E-state index contributed by atoms with van der Waals surface area (Å²) in [6.45, 7) is 0.711. The number of benzene rings is 1. The largest absolute Gasteiger partial charge is 0.419 e. The van der Waals surface area contributed by atoms with Crippen molar-refractivity contribution in [3.63, 3.8) is 0 Å². The molecule has 2 nitrogen and oxygen atoms in total. The molecule has 0 saturated carbocycles. The van der Waals surface area contributed by atoms with E-state index in [1.54, 1.807) is 0 Å². The summed E-state index contributed by atoms with van der Waals surface area (Å²) in [6, 6.07) is 4.66. The summed E-state index contributed by atoms with van der Waals surface area (Å²) in [4.78, 5) is 0.462. The summed E-state index contributed by atoms with van der Waals surface area (Å²) in [7, 11) is 0. The first kappa shape index (κ1) is 15.1. The zero-order valence-electron chi connectivity index (χ0n) is 9.92. The number of hydrogen-bond acceptors (Lipinski definition) is 4. The van der Waals surface area contributed by atoms with Crippen molar-refractivity contribution in [2.75, 3.05) is 12.3 Å². The van der Waals surface area contributed by atoms with Crippen LogP contribution in [-0.2, 0) is 6.18 Å². The zero-order chi connectivity index (χ0) is 14.8. The van der Waals surface area contributed by atoms with Crippen molar-refractivity contribution >= 4 is 23.5 Å². The molecule has 106 valence electrons. The lowest BCUT2D eigenvalue weighted by Crippen LogP contribution is -2.08. The average Bonchev–Trinajstić information content (AvgIpc) is 2.90. The van der Waals surface area contributed by atoms with Gasteiger partial charge in [-0.2, -0.15) is 18.4 Å². The quantitative estimate of drug-likeness (QED) is 0.508. The van der Waals surface area contributed by atoms with Gasteiger partial charge in [-0.15, -0.1) is 11.8 Å². The first-order valence-corrected chi connectivity index (χ1v) is 7.27. The molecule has 0 aromatic heterocycles. The van der Waals surface area contributed by atoms with Crippen LogP contribution in [0.5, 0.6) is 0 Å². The summed E-state index contributed by atoms with van der Waals surface area (Å²) in [6.07, 6.45) is -4.75. The minimum Gasteiger partial charge on any atom is -0.378 e. The van der Waals surface area contributed by atoms with Gasteiger partial charge in [-0.3, -0.25) is 0 Å². The molecule has 20 heavy (non-hydrogen) atoms. The highest BCUT2D eigenvalue weighted by atomic mass is 32.2. The smallest absolute Gasteiger partial charge is 0.378 e. The molecular weight excluding hydrogens is 312 g/mol. The van der Waals surface area contributed by atoms with Crippen LogP contribution < -0.4 is 5.32 Å². The summed E-state index contributed by atoms with van der Waals surface area (Å²) in [5.74, 6) is -0.514. The van der Waals surface area contributed by atoms with Crippen molar-refractivity contribution in [2.24, 2.45) is 0 Å². The maximum absolute atomic E-state index is 13.2. The van der Waals surface area contributed by atoms with Crippen molar-refractivity contribution < 1.29 is 17.6 Å². The van der Waals surface area contributed by atoms with E-state index in [1.165, 1.54) is 17.8 Å². The molecular formula is C12H8F4N2S2. The fraction of sp³-hybridized carbons (Fsp3) is 0.250. The lowest BCUT2D eigenvalue weighted by molar-refractivity contribution is -0.140. The van der Waals surface area contributed by atoms with Crippen LogP contribution in [0, 0.1) is 17.1 Å². The number of alkyl halides is 3. The Bertz CT molecular complexity index is 582. The normalized spacial score (nSPS) is 17.6. The van der Waals surface area contributed by atoms with Crippen LogP contribution >= 0.6 is 23.5 Å². The number of hydrogen-bond donors (Lipinski definition) is 1. The topological polar surface area (TPSA) is 35.8 Å². The van der Waals surface area contributed by atoms with Crippen LogP contribution in [-0.4, -0.2) is 12.3 Å². The molecule has 2 rings (SSSR count). The molecule has 1 fully saturated rings. The first-order chi connectivity index (χ1) is 9.41. The van der Waals surface area contributed by atoms with Crippen LogP contribution in [0.3, 0.4) is 0 Å². The van der Waals surface area contributed by atoms with Gasteiger partial charge in [-0.05, 0) is 18.2 Å². The molecule has 1 aliphatic rings. The van der Waals surface area contributed by atoms with Crippen LogP contribution in [0.1, 0.15) is 5.56 Å². The van der Waals surface area contributed by atoms with Crippen LogP contribution in [0.4, 0.5) is 17.6 Å². The van der Waals surface area contributed by atoms with Gasteiger partial charge in [-0.25, -0.2) is 4.39 Å². The lowest BCUT2D eigenvalue weighted by atomic mass is 10.2. The number of rotatable bonds is 2. The van der Waals surface area contributed by atoms with Crippen LogP contribution in [0.2, 0.25) is 0 Å². The van der Waals surface area contributed by atoms with E-state index in [2.05, 4.69) is 5.32 Å². The van der Waals surface area contributed by atoms with Gasteiger partial charge in [0.1, 0.15) is 16.8 Å². The molecule has 0 aliphatic carbocycles. The van der Waals surface area contributed by atoms with Gasteiger partial charge in [0.25, 0.3) is 0 Å². The van der Waals surface area contributed by atoms with Gasteiger partial charge in [0.2, 0.25) is 0 Å². The van der Waals surface area contributed by atoms with Gasteiger partial charge >= 0.3 is 6.18 Å². The Kier molecular flexibility index (Phi) is 4.50. The number of nitriles is 1. The molecule has 1 aromatic carbocycles. The predicted molar refractivity (Wildman–Crippen MR) is 70.4 cm³/mol. The summed E-state index contributed by atoms with van der Waals surface area (Å²) in [5.41, 5.74) is -1.32. The van der Waals surface area contributed by atoms with E-state index >= 15 is 0 Å². The van der Waals surface area contributed by atoms with E-state index in [1.807, 2.05) is 6.07 Å². The lowest BCUT2D eigenvalue weighted by Gasteiger charge is -2.10. The Morgan fingerprint density at radius 2 is 2.15 bits per heavy atom. The Labute approximate surface area is 121 Å². The second-order valence-electron chi connectivity index (χ2n) is 3.79. The maximum atomic E-state index is 13.2. The van der Waals surface area contributed by atoms with Gasteiger partial charge < -0.3 is 5.32 Å². The standard InChI is InChI=1S/C12H8F4N2S2/c13-9-2-1-7(5-8(9)12(14,15)16)20-10(6-17)11-18-3-4-19-11/h1-2,5,18H,3-4H2. The number of allylic oxidation sites excluding steroid dienone is 1. The SMILES string of the molecule is N#CC(Sc1ccc(F)c(C(F)(F)F)c1)=C1NCCS1. The van der Waals surface area contributed by atoms with Crippen molar-refractivity contribution in [3.8, 4) is 6.07 Å². The summed E-state index contributed by atoms with van der Waals surface area (Å²) >= 11 is 2.33. The minimum absolute atomic E-state index is 0.178. The highest BCUT2D eigenvalue weighted by molar-refractivity contribution is 8.07. The molecule has 1 aromatic rings. The number of nitrogens with zero attached hydrogens (tertiary/aromatic N) is 1. The van der Waals surface area contributed by atoms with E-state index in [4.69, 9.17) is 5.26 Å². The Balaban J connectivity index is 2.31. The maximum Gasteiger partial charge on any atom is 0.419 e. The second kappa shape index (κ2) is 5.97. The van der Waals surface area contributed by atoms with E-state index in [9.17, 15) is 17.6 Å². The molecule has 0 spiro atoms. The van der Waals surface area contributed by atoms with Crippen LogP contribution in [0.25, 0.3) is 0 Å². The monoisotopic (exact) mass is 320 g/mol. The molecule has 0 bridgehead atoms. The third-order valence-corrected chi connectivity index (χ3v) is 4.57. The molecule has 1 heterocycles. The summed E-state index contributed by atoms with van der Waals surface area (Å²) < 4.78 is 51.0. The van der Waals surface area contributed by atoms with Crippen LogP contribution in [0.15, 0.2) is 33.0 Å². The molecule has 0 atom stereocenters. The molecule has 1 saturated heterocycles. The van der Waals surface area contributed by atoms with E-state index < -0.39 is 17.6 Å². The van der Waals surface area contributed by atoms with Gasteiger partial charge in [0.05, 0.1) is 10.6 Å². The van der Waals surface area contributed by atoms with Crippen molar-refractivity contribution in [2.45, 2.75) is 11.1 Å². The zero-order valence-corrected chi connectivity index (χ0v) is 11.6. The molecule has 1 N–H and O–H groups in total. The third-order valence-electron chi connectivity index (χ3n) is 2.40. The molecule has 0 radical (unpaired) electrons. The van der Waals surface area contributed by atoms with Gasteiger partial charge in [0.15, 0.2) is 0 Å². The van der Waals surface area contributed by atoms with Gasteiger partial charge in [-0.1, -0.05) is 11.8 Å².